The minimum atomic E-state index is -1.45. The van der Waals surface area contributed by atoms with Gasteiger partial charge in [0.1, 0.15) is 0 Å². The number of fused-ring (bicyclic) bond motifs is 1. The summed E-state index contributed by atoms with van der Waals surface area (Å²) >= 11 is 0. The van der Waals surface area contributed by atoms with Crippen LogP contribution in [0.5, 0.6) is 0 Å². The summed E-state index contributed by atoms with van der Waals surface area (Å²) < 4.78 is 2.06. The zero-order valence-electron chi connectivity index (χ0n) is 18.8. The van der Waals surface area contributed by atoms with Crippen LogP contribution in [-0.4, -0.2) is 21.4 Å². The lowest BCUT2D eigenvalue weighted by molar-refractivity contribution is -0.131. The van der Waals surface area contributed by atoms with Crippen molar-refractivity contribution in [2.45, 2.75) is 33.7 Å². The van der Waals surface area contributed by atoms with E-state index in [1.807, 2.05) is 61.5 Å². The summed E-state index contributed by atoms with van der Waals surface area (Å²) in [4.78, 5) is 24.3. The number of ketones is 1. The van der Waals surface area contributed by atoms with E-state index in [9.17, 15) is 14.7 Å². The number of aliphatic carboxylic acids is 1. The van der Waals surface area contributed by atoms with Crippen LogP contribution < -0.4 is 0 Å². The fourth-order valence-electron chi connectivity index (χ4n) is 4.48. The van der Waals surface area contributed by atoms with Gasteiger partial charge in [0.05, 0.1) is 11.6 Å². The third-order valence-corrected chi connectivity index (χ3v) is 5.84. The largest absolute Gasteiger partial charge is 0.475 e. The Balaban J connectivity index is 1.99. The van der Waals surface area contributed by atoms with Gasteiger partial charge in [0.2, 0.25) is 0 Å². The summed E-state index contributed by atoms with van der Waals surface area (Å²) in [5.74, 6) is -2.34. The second-order valence-corrected chi connectivity index (χ2v) is 9.36. The molecule has 1 aromatic heterocycles. The Bertz CT molecular complexity index is 1310. The molecule has 0 aliphatic heterocycles. The summed E-state index contributed by atoms with van der Waals surface area (Å²) in [6.07, 6.45) is 1.71. The van der Waals surface area contributed by atoms with E-state index >= 15 is 0 Å². The standard InChI is InChI=1S/C28H27NO3/c1-18-9-8-12-20(15-18)21-13-14-24-22(16-21)23(25(30)27(31)32)17-29(24)26(28(2,3)4)19-10-6-5-7-11-19/h5-17,26H,1-4H3,(H,31,32). The molecule has 1 unspecified atom stereocenters. The molecule has 4 nitrogen and oxygen atoms in total. The number of nitrogens with zero attached hydrogens (tertiary/aromatic N) is 1. The lowest BCUT2D eigenvalue weighted by Crippen LogP contribution is -2.25. The second kappa shape index (κ2) is 8.12. The number of carboxylic acids is 1. The number of carbonyl (C=O) groups excluding carboxylic acids is 1. The summed E-state index contributed by atoms with van der Waals surface area (Å²) in [5, 5.41) is 10.1. The SMILES string of the molecule is Cc1cccc(-c2ccc3c(c2)c(C(=O)C(=O)O)cn3C(c2ccccc2)C(C)(C)C)c1. The molecular weight excluding hydrogens is 398 g/mol. The van der Waals surface area contributed by atoms with Crippen molar-refractivity contribution in [3.63, 3.8) is 0 Å². The Labute approximate surface area is 188 Å². The van der Waals surface area contributed by atoms with Crippen molar-refractivity contribution in [3.8, 4) is 11.1 Å². The van der Waals surface area contributed by atoms with E-state index in [1.54, 1.807) is 6.20 Å². The summed E-state index contributed by atoms with van der Waals surface area (Å²) in [6, 6.07) is 24.1. The third kappa shape index (κ3) is 3.96. The van der Waals surface area contributed by atoms with E-state index in [1.165, 1.54) is 0 Å². The molecule has 4 rings (SSSR count). The van der Waals surface area contributed by atoms with Crippen LogP contribution in [0, 0.1) is 12.3 Å². The molecule has 0 aliphatic rings. The first-order valence-corrected chi connectivity index (χ1v) is 10.7. The van der Waals surface area contributed by atoms with E-state index in [4.69, 9.17) is 0 Å². The number of hydrogen-bond donors (Lipinski definition) is 1. The van der Waals surface area contributed by atoms with Crippen molar-refractivity contribution in [1.82, 2.24) is 4.57 Å². The molecule has 1 atom stereocenters. The zero-order chi connectivity index (χ0) is 23.0. The van der Waals surface area contributed by atoms with Crippen LogP contribution in [0.4, 0.5) is 0 Å². The van der Waals surface area contributed by atoms with Crippen molar-refractivity contribution in [2.24, 2.45) is 5.41 Å². The predicted octanol–water partition coefficient (Wildman–Crippen LogP) is 6.52. The van der Waals surface area contributed by atoms with Crippen molar-refractivity contribution in [1.29, 1.82) is 0 Å². The number of aryl methyl sites for hydroxylation is 1. The normalized spacial score (nSPS) is 12.6. The molecule has 0 amide bonds. The average Bonchev–Trinajstić information content (AvgIpc) is 3.11. The molecule has 3 aromatic carbocycles. The first kappa shape index (κ1) is 21.6. The van der Waals surface area contributed by atoms with E-state index in [2.05, 4.69) is 43.5 Å². The number of carboxylic acid groups (broad SMARTS) is 1. The molecule has 0 bridgehead atoms. The number of Topliss-reactive ketones (excluding diaryl/α,β-unsaturated/α-hetero) is 1. The van der Waals surface area contributed by atoms with Gasteiger partial charge >= 0.3 is 5.97 Å². The molecule has 0 saturated heterocycles. The van der Waals surface area contributed by atoms with Crippen molar-refractivity contribution in [2.75, 3.05) is 0 Å². The van der Waals surface area contributed by atoms with Gasteiger partial charge < -0.3 is 9.67 Å². The maximum atomic E-state index is 12.7. The van der Waals surface area contributed by atoms with Gasteiger partial charge in [0, 0.05) is 17.1 Å². The van der Waals surface area contributed by atoms with Gasteiger partial charge in [-0.1, -0.05) is 87.0 Å². The number of hydrogen-bond acceptors (Lipinski definition) is 2. The highest BCUT2D eigenvalue weighted by molar-refractivity contribution is 6.42. The predicted molar refractivity (Wildman–Crippen MR) is 128 cm³/mol. The molecule has 0 spiro atoms. The van der Waals surface area contributed by atoms with E-state index < -0.39 is 11.8 Å². The van der Waals surface area contributed by atoms with Crippen molar-refractivity contribution < 1.29 is 14.7 Å². The van der Waals surface area contributed by atoms with Gasteiger partial charge in [-0.3, -0.25) is 4.79 Å². The van der Waals surface area contributed by atoms with Gasteiger partial charge in [-0.05, 0) is 41.2 Å². The van der Waals surface area contributed by atoms with E-state index in [0.717, 1.165) is 27.8 Å². The van der Waals surface area contributed by atoms with Crippen molar-refractivity contribution in [3.05, 3.63) is 95.7 Å². The van der Waals surface area contributed by atoms with Gasteiger partial charge in [0.15, 0.2) is 0 Å². The van der Waals surface area contributed by atoms with Crippen LogP contribution in [-0.2, 0) is 4.79 Å². The quantitative estimate of drug-likeness (QED) is 0.292. The number of carbonyl (C=O) groups is 2. The van der Waals surface area contributed by atoms with Crippen LogP contribution in [0.15, 0.2) is 79.0 Å². The van der Waals surface area contributed by atoms with Gasteiger partial charge in [-0.25, -0.2) is 4.79 Å². The van der Waals surface area contributed by atoms with Gasteiger partial charge in [0.25, 0.3) is 5.78 Å². The minimum absolute atomic E-state index is 0.0774. The number of benzene rings is 3. The maximum Gasteiger partial charge on any atom is 0.377 e. The Morgan fingerprint density at radius 1 is 0.875 bits per heavy atom. The highest BCUT2D eigenvalue weighted by Crippen LogP contribution is 2.40. The molecule has 4 aromatic rings. The zero-order valence-corrected chi connectivity index (χ0v) is 18.8. The Morgan fingerprint density at radius 3 is 2.19 bits per heavy atom. The fraction of sp³-hybridized carbons (Fsp3) is 0.214. The molecule has 0 aliphatic carbocycles. The topological polar surface area (TPSA) is 59.3 Å². The van der Waals surface area contributed by atoms with Crippen LogP contribution >= 0.6 is 0 Å². The molecule has 0 fully saturated rings. The first-order valence-electron chi connectivity index (χ1n) is 10.7. The number of aromatic nitrogens is 1. The fourth-order valence-corrected chi connectivity index (χ4v) is 4.48. The Kier molecular flexibility index (Phi) is 5.47. The molecule has 1 N–H and O–H groups in total. The van der Waals surface area contributed by atoms with E-state index in [0.29, 0.717) is 5.39 Å². The minimum Gasteiger partial charge on any atom is -0.475 e. The summed E-state index contributed by atoms with van der Waals surface area (Å²) in [5.41, 5.74) is 5.11. The lowest BCUT2D eigenvalue weighted by Gasteiger charge is -2.33. The first-order chi connectivity index (χ1) is 15.2. The van der Waals surface area contributed by atoms with Crippen LogP contribution in [0.2, 0.25) is 0 Å². The second-order valence-electron chi connectivity index (χ2n) is 9.36. The van der Waals surface area contributed by atoms with Gasteiger partial charge in [-0.15, -0.1) is 0 Å². The molecule has 162 valence electrons. The molecule has 0 saturated carbocycles. The van der Waals surface area contributed by atoms with Crippen LogP contribution in [0.25, 0.3) is 22.0 Å². The van der Waals surface area contributed by atoms with E-state index in [-0.39, 0.29) is 17.0 Å². The van der Waals surface area contributed by atoms with Crippen molar-refractivity contribution >= 4 is 22.7 Å². The van der Waals surface area contributed by atoms with Crippen LogP contribution in [0.3, 0.4) is 0 Å². The molecule has 1 heterocycles. The maximum absolute atomic E-state index is 12.7. The smallest absolute Gasteiger partial charge is 0.377 e. The Morgan fingerprint density at radius 2 is 1.56 bits per heavy atom. The monoisotopic (exact) mass is 425 g/mol. The molecule has 0 radical (unpaired) electrons. The molecule has 4 heteroatoms. The number of rotatable bonds is 5. The average molecular weight is 426 g/mol. The summed E-state index contributed by atoms with van der Waals surface area (Å²) in [7, 11) is 0. The summed E-state index contributed by atoms with van der Waals surface area (Å²) in [6.45, 7) is 8.48. The highest BCUT2D eigenvalue weighted by atomic mass is 16.4. The lowest BCUT2D eigenvalue weighted by atomic mass is 9.82. The van der Waals surface area contributed by atoms with Crippen LogP contribution in [0.1, 0.15) is 48.3 Å². The third-order valence-electron chi connectivity index (χ3n) is 5.84. The molecular formula is C28H27NO3. The molecule has 32 heavy (non-hydrogen) atoms. The highest BCUT2D eigenvalue weighted by Gasteiger charge is 2.31. The van der Waals surface area contributed by atoms with Gasteiger partial charge in [-0.2, -0.15) is 0 Å². The Hall–Kier alpha value is -3.66.